The number of aliphatic hydroxyl groups is 1. The number of hydrogen-bond acceptors (Lipinski definition) is 3. The van der Waals surface area contributed by atoms with E-state index < -0.39 is 6.10 Å². The summed E-state index contributed by atoms with van der Waals surface area (Å²) in [4.78, 5) is 1.23. The molecule has 0 saturated heterocycles. The molecule has 0 bridgehead atoms. The predicted octanol–water partition coefficient (Wildman–Crippen LogP) is 1.44. The van der Waals surface area contributed by atoms with Gasteiger partial charge in [-0.05, 0) is 30.9 Å². The Bertz CT molecular complexity index is 232. The van der Waals surface area contributed by atoms with E-state index in [0.717, 1.165) is 5.56 Å². The van der Waals surface area contributed by atoms with Crippen LogP contribution in [-0.2, 0) is 0 Å². The summed E-state index contributed by atoms with van der Waals surface area (Å²) in [5.74, 6) is 0. The van der Waals surface area contributed by atoms with Crippen molar-refractivity contribution in [3.8, 4) is 0 Å². The lowest BCUT2D eigenvalue weighted by atomic mass is 10.1. The first kappa shape index (κ1) is 8.71. The molecular formula is C8H13NOS. The highest BCUT2D eigenvalue weighted by Gasteiger charge is 2.12. The van der Waals surface area contributed by atoms with Gasteiger partial charge in [-0.15, -0.1) is 11.3 Å². The van der Waals surface area contributed by atoms with Gasteiger partial charge in [0, 0.05) is 4.88 Å². The standard InChI is InChI=1S/C8H13NOS/c1-5-3-7(4-11-5)8(9)6(2)10/h3-4,6,8,10H,9H2,1-2H3. The molecule has 0 aliphatic heterocycles. The lowest BCUT2D eigenvalue weighted by molar-refractivity contribution is 0.164. The van der Waals surface area contributed by atoms with E-state index in [4.69, 9.17) is 10.8 Å². The summed E-state index contributed by atoms with van der Waals surface area (Å²) in [5.41, 5.74) is 6.74. The Kier molecular flexibility index (Phi) is 2.65. The second-order valence-corrected chi connectivity index (χ2v) is 3.87. The average molecular weight is 171 g/mol. The number of aliphatic hydroxyl groups excluding tert-OH is 1. The van der Waals surface area contributed by atoms with Crippen molar-refractivity contribution in [1.29, 1.82) is 0 Å². The number of nitrogens with two attached hydrogens (primary N) is 1. The van der Waals surface area contributed by atoms with Gasteiger partial charge in [-0.25, -0.2) is 0 Å². The van der Waals surface area contributed by atoms with Gasteiger partial charge in [-0.2, -0.15) is 0 Å². The van der Waals surface area contributed by atoms with Gasteiger partial charge >= 0.3 is 0 Å². The minimum atomic E-state index is -0.469. The lowest BCUT2D eigenvalue weighted by Gasteiger charge is -2.12. The Morgan fingerprint density at radius 1 is 1.64 bits per heavy atom. The highest BCUT2D eigenvalue weighted by molar-refractivity contribution is 7.10. The molecule has 62 valence electrons. The smallest absolute Gasteiger partial charge is 0.0705 e. The summed E-state index contributed by atoms with van der Waals surface area (Å²) in [7, 11) is 0. The molecule has 0 aromatic carbocycles. The van der Waals surface area contributed by atoms with Crippen LogP contribution in [0, 0.1) is 6.92 Å². The van der Waals surface area contributed by atoms with Gasteiger partial charge in [0.1, 0.15) is 0 Å². The van der Waals surface area contributed by atoms with Crippen molar-refractivity contribution < 1.29 is 5.11 Å². The molecule has 3 heteroatoms. The fourth-order valence-electron chi connectivity index (χ4n) is 0.917. The van der Waals surface area contributed by atoms with E-state index >= 15 is 0 Å². The summed E-state index contributed by atoms with van der Waals surface area (Å²) in [6.07, 6.45) is -0.469. The van der Waals surface area contributed by atoms with Crippen LogP contribution in [0.4, 0.5) is 0 Å². The van der Waals surface area contributed by atoms with Gasteiger partial charge in [0.15, 0.2) is 0 Å². The second-order valence-electron chi connectivity index (χ2n) is 2.76. The highest BCUT2D eigenvalue weighted by Crippen LogP contribution is 2.20. The number of aryl methyl sites for hydroxylation is 1. The maximum Gasteiger partial charge on any atom is 0.0705 e. The van der Waals surface area contributed by atoms with Crippen molar-refractivity contribution in [2.45, 2.75) is 26.0 Å². The zero-order chi connectivity index (χ0) is 8.43. The molecule has 1 aromatic rings. The lowest BCUT2D eigenvalue weighted by Crippen LogP contribution is -2.22. The zero-order valence-corrected chi connectivity index (χ0v) is 7.56. The summed E-state index contributed by atoms with van der Waals surface area (Å²) < 4.78 is 0. The molecule has 0 radical (unpaired) electrons. The predicted molar refractivity (Wildman–Crippen MR) is 47.7 cm³/mol. The number of thiophene rings is 1. The van der Waals surface area contributed by atoms with E-state index in [0.29, 0.717) is 0 Å². The third-order valence-electron chi connectivity index (χ3n) is 1.66. The fraction of sp³-hybridized carbons (Fsp3) is 0.500. The van der Waals surface area contributed by atoms with Gasteiger partial charge in [0.2, 0.25) is 0 Å². The molecule has 1 aromatic heterocycles. The molecule has 0 aliphatic carbocycles. The Hall–Kier alpha value is -0.380. The molecular weight excluding hydrogens is 158 g/mol. The van der Waals surface area contributed by atoms with Crippen molar-refractivity contribution in [1.82, 2.24) is 0 Å². The Balaban J connectivity index is 2.76. The third-order valence-corrected chi connectivity index (χ3v) is 2.54. The molecule has 0 spiro atoms. The van der Waals surface area contributed by atoms with Gasteiger partial charge in [-0.1, -0.05) is 0 Å². The second kappa shape index (κ2) is 3.34. The Morgan fingerprint density at radius 2 is 2.27 bits per heavy atom. The molecule has 1 rings (SSSR count). The molecule has 0 aliphatic rings. The maximum atomic E-state index is 9.16. The summed E-state index contributed by atoms with van der Waals surface area (Å²) in [5, 5.41) is 11.2. The van der Waals surface area contributed by atoms with E-state index in [1.54, 1.807) is 18.3 Å². The van der Waals surface area contributed by atoms with Crippen LogP contribution < -0.4 is 5.73 Å². The topological polar surface area (TPSA) is 46.2 Å². The average Bonchev–Trinajstić information content (AvgIpc) is 2.34. The first-order chi connectivity index (χ1) is 5.11. The molecule has 3 N–H and O–H groups in total. The van der Waals surface area contributed by atoms with Crippen LogP contribution in [-0.4, -0.2) is 11.2 Å². The van der Waals surface area contributed by atoms with Gasteiger partial charge in [-0.3, -0.25) is 0 Å². The summed E-state index contributed by atoms with van der Waals surface area (Å²) >= 11 is 1.66. The number of rotatable bonds is 2. The molecule has 11 heavy (non-hydrogen) atoms. The highest BCUT2D eigenvalue weighted by atomic mass is 32.1. The number of hydrogen-bond donors (Lipinski definition) is 2. The molecule has 0 saturated carbocycles. The molecule has 0 amide bonds. The van der Waals surface area contributed by atoms with Crippen LogP contribution in [0.1, 0.15) is 23.4 Å². The van der Waals surface area contributed by atoms with Crippen LogP contribution in [0.2, 0.25) is 0 Å². The first-order valence-corrected chi connectivity index (χ1v) is 4.48. The Labute approximate surface area is 70.7 Å². The molecule has 2 unspecified atom stereocenters. The van der Waals surface area contributed by atoms with Crippen molar-refractivity contribution in [3.05, 3.63) is 21.9 Å². The summed E-state index contributed by atoms with van der Waals surface area (Å²) in [6, 6.07) is 1.78. The van der Waals surface area contributed by atoms with Crippen LogP contribution in [0.5, 0.6) is 0 Å². The zero-order valence-electron chi connectivity index (χ0n) is 6.74. The first-order valence-electron chi connectivity index (χ1n) is 3.60. The van der Waals surface area contributed by atoms with Crippen molar-refractivity contribution in [3.63, 3.8) is 0 Å². The monoisotopic (exact) mass is 171 g/mol. The van der Waals surface area contributed by atoms with Crippen molar-refractivity contribution in [2.75, 3.05) is 0 Å². The molecule has 2 atom stereocenters. The van der Waals surface area contributed by atoms with Gasteiger partial charge in [0.25, 0.3) is 0 Å². The fourth-order valence-corrected chi connectivity index (χ4v) is 1.67. The van der Waals surface area contributed by atoms with Crippen LogP contribution in [0.15, 0.2) is 11.4 Å². The van der Waals surface area contributed by atoms with E-state index in [-0.39, 0.29) is 6.04 Å². The third kappa shape index (κ3) is 2.02. The van der Waals surface area contributed by atoms with Crippen molar-refractivity contribution >= 4 is 11.3 Å². The van der Waals surface area contributed by atoms with E-state index in [1.165, 1.54) is 4.88 Å². The molecule has 0 fully saturated rings. The van der Waals surface area contributed by atoms with E-state index in [2.05, 4.69) is 0 Å². The Morgan fingerprint density at radius 3 is 2.64 bits per heavy atom. The maximum absolute atomic E-state index is 9.16. The van der Waals surface area contributed by atoms with Crippen LogP contribution in [0.3, 0.4) is 0 Å². The quantitative estimate of drug-likeness (QED) is 0.707. The largest absolute Gasteiger partial charge is 0.391 e. The minimum absolute atomic E-state index is 0.236. The normalized spacial score (nSPS) is 16.4. The van der Waals surface area contributed by atoms with Crippen molar-refractivity contribution in [2.24, 2.45) is 5.73 Å². The SMILES string of the molecule is Cc1cc(C(N)C(C)O)cs1. The summed E-state index contributed by atoms with van der Waals surface area (Å²) in [6.45, 7) is 3.74. The van der Waals surface area contributed by atoms with E-state index in [1.807, 2.05) is 18.4 Å². The van der Waals surface area contributed by atoms with Gasteiger partial charge < -0.3 is 10.8 Å². The molecule has 2 nitrogen and oxygen atoms in total. The van der Waals surface area contributed by atoms with E-state index in [9.17, 15) is 0 Å². The van der Waals surface area contributed by atoms with Crippen LogP contribution in [0.25, 0.3) is 0 Å². The van der Waals surface area contributed by atoms with Gasteiger partial charge in [0.05, 0.1) is 12.1 Å². The van der Waals surface area contributed by atoms with Crippen LogP contribution >= 0.6 is 11.3 Å². The molecule has 1 heterocycles. The minimum Gasteiger partial charge on any atom is -0.391 e.